The molecule has 0 saturated carbocycles. The molecule has 20 rings (SSSR count). The van der Waals surface area contributed by atoms with E-state index in [0.29, 0.717) is 29.5 Å². The van der Waals surface area contributed by atoms with Gasteiger partial charge < -0.3 is 25.7 Å². The summed E-state index contributed by atoms with van der Waals surface area (Å²) in [6.07, 6.45) is 27.2. The van der Waals surface area contributed by atoms with Crippen LogP contribution in [0.3, 0.4) is 0 Å². The maximum Gasteiger partial charge on any atom is 0.248 e. The lowest BCUT2D eigenvalue weighted by Crippen LogP contribution is -2.10. The number of hydrogen-bond acceptors (Lipinski definition) is 17. The molecule has 0 aliphatic heterocycles. The average molecular weight is 1630 g/mol. The number of carbonyl (C=O) groups is 1. The van der Waals surface area contributed by atoms with Crippen molar-refractivity contribution in [3.8, 4) is 102 Å². The molecule has 0 fully saturated rings. The summed E-state index contributed by atoms with van der Waals surface area (Å²) in [5.74, 6) is 3.04. The fourth-order valence-corrected chi connectivity index (χ4v) is 14.5. The summed E-state index contributed by atoms with van der Waals surface area (Å²) in [6, 6.07) is 59.8. The molecule has 0 atom stereocenters. The van der Waals surface area contributed by atoms with E-state index in [2.05, 4.69) is 202 Å². The van der Waals surface area contributed by atoms with Crippen LogP contribution in [0.25, 0.3) is 125 Å². The Morgan fingerprint density at radius 2 is 0.642 bits per heavy atom. The molecule has 0 aliphatic carbocycles. The van der Waals surface area contributed by atoms with Crippen molar-refractivity contribution in [1.82, 2.24) is 137 Å². The third-order valence-corrected chi connectivity index (χ3v) is 21.1. The second-order valence-corrected chi connectivity index (χ2v) is 31.5. The maximum atomic E-state index is 11.4. The van der Waals surface area contributed by atoms with E-state index >= 15 is 0 Å². The predicted molar refractivity (Wildman–Crippen MR) is 474 cm³/mol. The number of nitrogens with one attached hydrogen (secondary N) is 4. The van der Waals surface area contributed by atoms with E-state index in [4.69, 9.17) is 46.1 Å². The summed E-state index contributed by atoms with van der Waals surface area (Å²) in [4.78, 5) is 62.1. The van der Waals surface area contributed by atoms with E-state index in [0.717, 1.165) is 175 Å². The van der Waals surface area contributed by atoms with Gasteiger partial charge in [-0.25, -0.2) is 57.9 Å². The van der Waals surface area contributed by atoms with E-state index in [1.807, 2.05) is 159 Å². The van der Waals surface area contributed by atoms with Gasteiger partial charge in [0.05, 0.1) is 39.9 Å². The van der Waals surface area contributed by atoms with Gasteiger partial charge in [0.25, 0.3) is 0 Å². The number of H-pyrrole nitrogens is 4. The summed E-state index contributed by atoms with van der Waals surface area (Å²) in [5, 5.41) is 36.1. The zero-order chi connectivity index (χ0) is 84.8. The Balaban J connectivity index is 0.000000116. The highest BCUT2D eigenvalue weighted by Crippen LogP contribution is 2.37. The standard InChI is InChI=1S/2C24H25N7.C23H23N7.C22H20N8O/c2*1-16(2)30-12-11-20(29-30)24-23(19-8-10-22-25-15-26-31(22)14-19)27-21(28-24)9-7-18-6-4-5-17(3)13-18;1-16(2)29-13-12-19(28-29)23-22(18-9-11-21-24-15-25-30(21)14-18)26-20(27-23)10-8-17-6-4-3-5-7-17;1-13(2)29-10-9-17(28-29)20-19(16-7-8-18-24-12-25-30(18)11-16)26-22(27-20)15-5-3-14(4-6-15)21(23)31/h2*4-6,8,10-16H,7,9H2,1-3H3,(H,27,28);3-7,9,11-16H,8,10H2,1-2H3,(H,26,27);3-13H,1-2H3,(H2,23,31)(H,26,27). The number of aromatic amines is 4. The number of benzene rings is 4. The highest BCUT2D eigenvalue weighted by atomic mass is 16.1. The molecule has 16 aromatic heterocycles. The number of imidazole rings is 4. The molecule has 0 unspecified atom stereocenters. The Labute approximate surface area is 708 Å². The number of aromatic nitrogens is 28. The fraction of sp³-hybridized carbons (Fsp3) is 0.215. The molecule has 123 heavy (non-hydrogen) atoms. The minimum Gasteiger partial charge on any atom is -0.366 e. The van der Waals surface area contributed by atoms with Crippen molar-refractivity contribution in [3.63, 3.8) is 0 Å². The first kappa shape index (κ1) is 80.0. The van der Waals surface area contributed by atoms with Crippen molar-refractivity contribution in [2.45, 2.75) is 132 Å². The van der Waals surface area contributed by atoms with Crippen LogP contribution < -0.4 is 5.73 Å². The number of aryl methyl sites for hydroxylation is 8. The third kappa shape index (κ3) is 18.1. The lowest BCUT2D eigenvalue weighted by Gasteiger charge is -2.04. The molecule has 20 aromatic rings. The lowest BCUT2D eigenvalue weighted by atomic mass is 10.1. The number of hydrogen-bond donors (Lipinski definition) is 5. The Kier molecular flexibility index (Phi) is 22.9. The zero-order valence-electron chi connectivity index (χ0n) is 69.9. The number of rotatable bonds is 23. The number of fused-ring (bicyclic) bond motifs is 4. The van der Waals surface area contributed by atoms with E-state index in [1.165, 1.54) is 34.1 Å². The van der Waals surface area contributed by atoms with Gasteiger partial charge in [0.2, 0.25) is 5.91 Å². The van der Waals surface area contributed by atoms with Crippen molar-refractivity contribution in [2.75, 3.05) is 0 Å². The van der Waals surface area contributed by atoms with Crippen LogP contribution in [-0.4, -0.2) is 143 Å². The van der Waals surface area contributed by atoms with Crippen molar-refractivity contribution < 1.29 is 4.79 Å². The molecule has 0 radical (unpaired) electrons. The minimum atomic E-state index is -0.465. The number of nitrogens with zero attached hydrogens (tertiary/aromatic N) is 24. The highest BCUT2D eigenvalue weighted by molar-refractivity contribution is 5.93. The Morgan fingerprint density at radius 1 is 0.333 bits per heavy atom. The third-order valence-electron chi connectivity index (χ3n) is 21.1. The second kappa shape index (κ2) is 35.2. The van der Waals surface area contributed by atoms with Crippen LogP contribution in [0.4, 0.5) is 0 Å². The van der Waals surface area contributed by atoms with Gasteiger partial charge in [-0.05, 0) is 190 Å². The topological polar surface area (TPSA) is 350 Å². The summed E-state index contributed by atoms with van der Waals surface area (Å²) in [5.41, 5.74) is 30.5. The minimum absolute atomic E-state index is 0.243. The SMILES string of the molecule is CC(C)n1ccc(-c2[nH]c(-c3ccc(C(N)=O)cc3)nc2-c2ccc3ncnn3c2)n1.CC(C)n1ccc(-c2[nH]c(CCc3ccccc3)nc2-c2ccc3ncnn3c2)n1.Cc1cccc(CCc2nc(-c3ccc4ncnn4c3)c(-c3ccn(C(C)C)n3)[nH]2)c1.Cc1cccc(CCc2nc(-c3ccc4ncnn4c3)c(-c3ccn(C(C)C)n3)[nH]2)c1. The van der Waals surface area contributed by atoms with Crippen LogP contribution in [-0.2, 0) is 38.5 Å². The first-order valence-corrected chi connectivity index (χ1v) is 41.1. The lowest BCUT2D eigenvalue weighted by molar-refractivity contribution is 0.1000. The molecule has 0 bridgehead atoms. The van der Waals surface area contributed by atoms with Crippen LogP contribution in [0.5, 0.6) is 0 Å². The molecular formula is C93H93N29O. The van der Waals surface area contributed by atoms with Gasteiger partial charge in [0.15, 0.2) is 22.6 Å². The second-order valence-electron chi connectivity index (χ2n) is 31.5. The Bertz CT molecular complexity index is 6810. The van der Waals surface area contributed by atoms with Crippen LogP contribution in [0.1, 0.15) is 135 Å². The van der Waals surface area contributed by atoms with Gasteiger partial charge in [-0.1, -0.05) is 102 Å². The monoisotopic (exact) mass is 1630 g/mol. The smallest absolute Gasteiger partial charge is 0.248 e. The molecule has 0 saturated heterocycles. The molecule has 1 amide bonds. The molecule has 616 valence electrons. The molecule has 4 aromatic carbocycles. The Hall–Kier alpha value is -15.5. The summed E-state index contributed by atoms with van der Waals surface area (Å²) in [6.45, 7) is 21.1. The number of amides is 1. The van der Waals surface area contributed by atoms with Crippen molar-refractivity contribution in [1.29, 1.82) is 0 Å². The largest absolute Gasteiger partial charge is 0.366 e. The molecule has 6 N–H and O–H groups in total. The summed E-state index contributed by atoms with van der Waals surface area (Å²) < 4.78 is 14.8. The molecule has 16 heterocycles. The van der Waals surface area contributed by atoms with E-state index in [1.54, 1.807) is 49.2 Å². The van der Waals surface area contributed by atoms with Gasteiger partial charge in [-0.15, -0.1) is 0 Å². The highest BCUT2D eigenvalue weighted by Gasteiger charge is 2.24. The first-order valence-electron chi connectivity index (χ1n) is 41.1. The van der Waals surface area contributed by atoms with Gasteiger partial charge in [0, 0.05) is 126 Å². The molecule has 30 heteroatoms. The number of primary amides is 1. The Morgan fingerprint density at radius 3 is 0.959 bits per heavy atom. The zero-order valence-corrected chi connectivity index (χ0v) is 69.9. The van der Waals surface area contributed by atoms with E-state index in [9.17, 15) is 4.79 Å². The number of nitrogens with two attached hydrogens (primary N) is 1. The number of carbonyl (C=O) groups excluding carboxylic acids is 1. The first-order chi connectivity index (χ1) is 59.8. The van der Waals surface area contributed by atoms with Gasteiger partial charge in [-0.2, -0.15) is 40.8 Å². The van der Waals surface area contributed by atoms with Gasteiger partial charge >= 0.3 is 0 Å². The average Bonchev–Trinajstić information content (AvgIpc) is 1.64. The molecule has 0 spiro atoms. The van der Waals surface area contributed by atoms with Crippen molar-refractivity contribution >= 4 is 28.5 Å². The van der Waals surface area contributed by atoms with E-state index in [-0.39, 0.29) is 6.04 Å². The van der Waals surface area contributed by atoms with Crippen LogP contribution >= 0.6 is 0 Å². The summed E-state index contributed by atoms with van der Waals surface area (Å²) >= 11 is 0. The fourth-order valence-electron chi connectivity index (χ4n) is 14.5. The normalized spacial score (nSPS) is 11.6. The molecular weight excluding hydrogens is 1540 g/mol. The molecule has 30 nitrogen and oxygen atoms in total. The molecule has 0 aliphatic rings. The van der Waals surface area contributed by atoms with Gasteiger partial charge in [0.1, 0.15) is 77.1 Å². The maximum absolute atomic E-state index is 11.4. The van der Waals surface area contributed by atoms with Crippen molar-refractivity contribution in [3.05, 3.63) is 302 Å². The predicted octanol–water partition coefficient (Wildman–Crippen LogP) is 17.0. The van der Waals surface area contributed by atoms with Crippen LogP contribution in [0.2, 0.25) is 0 Å². The number of pyridine rings is 4. The quantitative estimate of drug-likeness (QED) is 0.0397. The van der Waals surface area contributed by atoms with Crippen LogP contribution in [0.15, 0.2) is 251 Å². The summed E-state index contributed by atoms with van der Waals surface area (Å²) in [7, 11) is 0. The van der Waals surface area contributed by atoms with Crippen LogP contribution in [0, 0.1) is 13.8 Å². The van der Waals surface area contributed by atoms with Gasteiger partial charge in [-0.3, -0.25) is 23.5 Å². The van der Waals surface area contributed by atoms with Crippen molar-refractivity contribution in [2.24, 2.45) is 5.73 Å². The van der Waals surface area contributed by atoms with E-state index < -0.39 is 5.91 Å².